The van der Waals surface area contributed by atoms with E-state index < -0.39 is 0 Å². The summed E-state index contributed by atoms with van der Waals surface area (Å²) in [6, 6.07) is 5.95. The van der Waals surface area contributed by atoms with Crippen LogP contribution in [0.15, 0.2) is 18.2 Å². The van der Waals surface area contributed by atoms with Crippen molar-refractivity contribution in [1.82, 2.24) is 0 Å². The van der Waals surface area contributed by atoms with Crippen LogP contribution in [0.5, 0.6) is 5.75 Å². The van der Waals surface area contributed by atoms with Crippen molar-refractivity contribution in [2.75, 3.05) is 11.9 Å². The molecule has 0 aliphatic heterocycles. The average molecular weight is 276 g/mol. The first-order valence-electron chi connectivity index (χ1n) is 7.40. The standard InChI is InChI=1S/C16H24N2O2/c1-3-8-20-14-6-7-15(11(2)9-14)18-16(19)12-4-5-13(17)10-12/h6-7,9,12-13H,3-5,8,10,17H2,1-2H3,(H,18,19). The van der Waals surface area contributed by atoms with Gasteiger partial charge in [0.1, 0.15) is 5.75 Å². The summed E-state index contributed by atoms with van der Waals surface area (Å²) in [5.74, 6) is 0.994. The van der Waals surface area contributed by atoms with Gasteiger partial charge in [0.2, 0.25) is 5.91 Å². The molecule has 1 fully saturated rings. The molecule has 1 amide bonds. The lowest BCUT2D eigenvalue weighted by Crippen LogP contribution is -2.23. The monoisotopic (exact) mass is 276 g/mol. The Hall–Kier alpha value is -1.55. The first-order valence-corrected chi connectivity index (χ1v) is 7.40. The van der Waals surface area contributed by atoms with Crippen molar-refractivity contribution in [3.8, 4) is 5.75 Å². The zero-order valence-electron chi connectivity index (χ0n) is 12.3. The number of carbonyl (C=O) groups excluding carboxylic acids is 1. The molecule has 0 aromatic heterocycles. The van der Waals surface area contributed by atoms with Gasteiger partial charge in [-0.25, -0.2) is 0 Å². The van der Waals surface area contributed by atoms with Gasteiger partial charge in [-0.05, 0) is 56.4 Å². The molecular formula is C16H24N2O2. The molecule has 3 N–H and O–H groups in total. The Morgan fingerprint density at radius 2 is 2.25 bits per heavy atom. The van der Waals surface area contributed by atoms with Gasteiger partial charge in [0.05, 0.1) is 6.61 Å². The van der Waals surface area contributed by atoms with E-state index in [1.165, 1.54) is 0 Å². The number of ether oxygens (including phenoxy) is 1. The van der Waals surface area contributed by atoms with Crippen molar-refractivity contribution in [2.24, 2.45) is 11.7 Å². The molecule has 4 heteroatoms. The molecule has 1 aliphatic rings. The molecule has 1 aliphatic carbocycles. The predicted molar refractivity (Wildman–Crippen MR) is 80.9 cm³/mol. The van der Waals surface area contributed by atoms with Crippen LogP contribution >= 0.6 is 0 Å². The highest BCUT2D eigenvalue weighted by Crippen LogP contribution is 2.27. The van der Waals surface area contributed by atoms with Crippen LogP contribution in [0.25, 0.3) is 0 Å². The van der Waals surface area contributed by atoms with Crippen LogP contribution in [0, 0.1) is 12.8 Å². The summed E-state index contributed by atoms with van der Waals surface area (Å²) in [5.41, 5.74) is 7.74. The third kappa shape index (κ3) is 3.73. The third-order valence-electron chi connectivity index (χ3n) is 3.77. The zero-order chi connectivity index (χ0) is 14.5. The fourth-order valence-corrected chi connectivity index (χ4v) is 2.58. The van der Waals surface area contributed by atoms with Gasteiger partial charge in [0.15, 0.2) is 0 Å². The fourth-order valence-electron chi connectivity index (χ4n) is 2.58. The van der Waals surface area contributed by atoms with Gasteiger partial charge in [-0.15, -0.1) is 0 Å². The second-order valence-electron chi connectivity index (χ2n) is 5.58. The quantitative estimate of drug-likeness (QED) is 0.869. The number of nitrogens with two attached hydrogens (primary N) is 1. The maximum Gasteiger partial charge on any atom is 0.227 e. The van der Waals surface area contributed by atoms with Gasteiger partial charge in [-0.2, -0.15) is 0 Å². The SMILES string of the molecule is CCCOc1ccc(NC(=O)C2CCC(N)C2)c(C)c1. The van der Waals surface area contributed by atoms with Gasteiger partial charge in [0.25, 0.3) is 0 Å². The Kier molecular flexibility index (Phi) is 5.01. The van der Waals surface area contributed by atoms with E-state index >= 15 is 0 Å². The predicted octanol–water partition coefficient (Wildman–Crippen LogP) is 2.85. The fraction of sp³-hybridized carbons (Fsp3) is 0.562. The van der Waals surface area contributed by atoms with Crippen LogP contribution in [0.3, 0.4) is 0 Å². The molecule has 0 heterocycles. The number of hydrogen-bond donors (Lipinski definition) is 2. The van der Waals surface area contributed by atoms with E-state index in [-0.39, 0.29) is 17.9 Å². The van der Waals surface area contributed by atoms with Crippen molar-refractivity contribution >= 4 is 11.6 Å². The first kappa shape index (κ1) is 14.9. The van der Waals surface area contributed by atoms with E-state index in [2.05, 4.69) is 12.2 Å². The van der Waals surface area contributed by atoms with E-state index in [9.17, 15) is 4.79 Å². The van der Waals surface area contributed by atoms with E-state index in [1.54, 1.807) is 0 Å². The molecule has 4 nitrogen and oxygen atoms in total. The molecule has 1 aromatic rings. The Morgan fingerprint density at radius 3 is 2.85 bits per heavy atom. The summed E-state index contributed by atoms with van der Waals surface area (Å²) < 4.78 is 5.58. The second kappa shape index (κ2) is 6.75. The summed E-state index contributed by atoms with van der Waals surface area (Å²) in [6.45, 7) is 4.77. The molecule has 1 aromatic carbocycles. The third-order valence-corrected chi connectivity index (χ3v) is 3.77. The summed E-state index contributed by atoms with van der Waals surface area (Å²) in [7, 11) is 0. The lowest BCUT2D eigenvalue weighted by molar-refractivity contribution is -0.119. The molecule has 2 rings (SSSR count). The normalized spacial score (nSPS) is 21.8. The molecule has 0 bridgehead atoms. The number of anilines is 1. The van der Waals surface area contributed by atoms with Gasteiger partial charge in [-0.1, -0.05) is 6.92 Å². The zero-order valence-corrected chi connectivity index (χ0v) is 12.3. The highest BCUT2D eigenvalue weighted by Gasteiger charge is 2.27. The van der Waals surface area contributed by atoms with Crippen LogP contribution < -0.4 is 15.8 Å². The first-order chi connectivity index (χ1) is 9.60. The van der Waals surface area contributed by atoms with Crippen LogP contribution in [0.1, 0.15) is 38.2 Å². The summed E-state index contributed by atoms with van der Waals surface area (Å²) in [4.78, 5) is 12.2. The van der Waals surface area contributed by atoms with Gasteiger partial charge in [0, 0.05) is 17.6 Å². The molecule has 20 heavy (non-hydrogen) atoms. The molecule has 110 valence electrons. The van der Waals surface area contributed by atoms with Crippen molar-refractivity contribution in [3.05, 3.63) is 23.8 Å². The van der Waals surface area contributed by atoms with Gasteiger partial charge in [-0.3, -0.25) is 4.79 Å². The van der Waals surface area contributed by atoms with Gasteiger partial charge < -0.3 is 15.8 Å². The van der Waals surface area contributed by atoms with E-state index in [4.69, 9.17) is 10.5 Å². The Morgan fingerprint density at radius 1 is 1.45 bits per heavy atom. The van der Waals surface area contributed by atoms with Crippen LogP contribution in [0.2, 0.25) is 0 Å². The molecule has 1 saturated carbocycles. The minimum atomic E-state index is 0.0559. The molecule has 0 spiro atoms. The maximum absolute atomic E-state index is 12.2. The molecule has 2 atom stereocenters. The largest absolute Gasteiger partial charge is 0.494 e. The Balaban J connectivity index is 1.97. The van der Waals surface area contributed by atoms with Crippen molar-refractivity contribution < 1.29 is 9.53 Å². The minimum absolute atomic E-state index is 0.0559. The summed E-state index contributed by atoms with van der Waals surface area (Å²) in [6.07, 6.45) is 3.62. The number of benzene rings is 1. The maximum atomic E-state index is 12.2. The van der Waals surface area contributed by atoms with Crippen molar-refractivity contribution in [2.45, 2.75) is 45.6 Å². The molecule has 0 saturated heterocycles. The van der Waals surface area contributed by atoms with Crippen molar-refractivity contribution in [3.63, 3.8) is 0 Å². The number of nitrogens with one attached hydrogen (secondary N) is 1. The molecular weight excluding hydrogens is 252 g/mol. The van der Waals surface area contributed by atoms with Crippen LogP contribution in [0.4, 0.5) is 5.69 Å². The number of amides is 1. The second-order valence-corrected chi connectivity index (χ2v) is 5.58. The Bertz CT molecular complexity index is 474. The number of carbonyl (C=O) groups is 1. The molecule has 0 radical (unpaired) electrons. The number of aryl methyl sites for hydroxylation is 1. The van der Waals surface area contributed by atoms with E-state index in [0.29, 0.717) is 6.61 Å². The lowest BCUT2D eigenvalue weighted by atomic mass is 10.1. The van der Waals surface area contributed by atoms with E-state index in [1.807, 2.05) is 25.1 Å². The minimum Gasteiger partial charge on any atom is -0.494 e. The highest BCUT2D eigenvalue weighted by molar-refractivity contribution is 5.93. The smallest absolute Gasteiger partial charge is 0.227 e. The number of rotatable bonds is 5. The van der Waals surface area contributed by atoms with Crippen molar-refractivity contribution in [1.29, 1.82) is 0 Å². The van der Waals surface area contributed by atoms with E-state index in [0.717, 1.165) is 42.7 Å². The lowest BCUT2D eigenvalue weighted by Gasteiger charge is -2.14. The summed E-state index contributed by atoms with van der Waals surface area (Å²) >= 11 is 0. The molecule has 2 unspecified atom stereocenters. The van der Waals surface area contributed by atoms with Gasteiger partial charge >= 0.3 is 0 Å². The average Bonchev–Trinajstić information content (AvgIpc) is 2.86. The topological polar surface area (TPSA) is 64.3 Å². The van der Waals surface area contributed by atoms with Crippen LogP contribution in [-0.2, 0) is 4.79 Å². The summed E-state index contributed by atoms with van der Waals surface area (Å²) in [5, 5.41) is 3.01. The highest BCUT2D eigenvalue weighted by atomic mass is 16.5. The van der Waals surface area contributed by atoms with Crippen LogP contribution in [-0.4, -0.2) is 18.6 Å². The number of hydrogen-bond acceptors (Lipinski definition) is 3. The Labute approximate surface area is 120 Å².